The van der Waals surface area contributed by atoms with Gasteiger partial charge in [-0.2, -0.15) is 0 Å². The van der Waals surface area contributed by atoms with Gasteiger partial charge in [-0.25, -0.2) is 0 Å². The molecule has 1 fully saturated rings. The average molecular weight is 664 g/mol. The predicted molar refractivity (Wildman–Crippen MR) is 168 cm³/mol. The number of thioether (sulfide) groups is 1. The topological polar surface area (TPSA) is 203 Å². The van der Waals surface area contributed by atoms with Gasteiger partial charge < -0.3 is 40.4 Å². The smallest absolute Gasteiger partial charge is 0.219 e. The van der Waals surface area contributed by atoms with Crippen LogP contribution in [0.2, 0.25) is 0 Å². The quantitative estimate of drug-likeness (QED) is 0.181. The van der Waals surface area contributed by atoms with Crippen LogP contribution < -0.4 is 10.5 Å². The van der Waals surface area contributed by atoms with E-state index in [1.165, 1.54) is 25.3 Å². The summed E-state index contributed by atoms with van der Waals surface area (Å²) >= 11 is 0.695. The highest BCUT2D eigenvalue weighted by molar-refractivity contribution is 8.14. The van der Waals surface area contributed by atoms with Crippen LogP contribution >= 0.6 is 11.8 Å². The Hall–Kier alpha value is -4.11. The van der Waals surface area contributed by atoms with Crippen molar-refractivity contribution < 1.29 is 53.8 Å². The highest BCUT2D eigenvalue weighted by Gasteiger charge is 2.50. The Morgan fingerprint density at radius 3 is 2.40 bits per heavy atom. The van der Waals surface area contributed by atoms with Crippen molar-refractivity contribution in [2.24, 2.45) is 5.73 Å². The molecule has 13 heteroatoms. The molecular weight excluding hydrogens is 630 g/mol. The Balaban J connectivity index is 1.42. The number of carbonyl (C=O) groups is 4. The van der Waals surface area contributed by atoms with Crippen molar-refractivity contribution in [2.75, 3.05) is 12.9 Å². The summed E-state index contributed by atoms with van der Waals surface area (Å²) in [5.41, 5.74) is 2.85. The monoisotopic (exact) mass is 663 g/mol. The second-order valence-electron chi connectivity index (χ2n) is 11.9. The number of Topliss-reactive ketones (excluding diaryl/α,β-unsaturated/α-hetero) is 1. The van der Waals surface area contributed by atoms with Crippen LogP contribution in [0.5, 0.6) is 17.2 Å². The fourth-order valence-corrected chi connectivity index (χ4v) is 7.36. The first kappa shape index (κ1) is 32.8. The van der Waals surface area contributed by atoms with Crippen LogP contribution in [0, 0.1) is 0 Å². The molecule has 246 valence electrons. The van der Waals surface area contributed by atoms with Gasteiger partial charge in [-0.3, -0.25) is 19.2 Å². The van der Waals surface area contributed by atoms with Gasteiger partial charge in [0.1, 0.15) is 22.8 Å². The lowest BCUT2D eigenvalue weighted by atomic mass is 9.72. The molecule has 1 heterocycles. The maximum Gasteiger partial charge on any atom is 0.219 e. The number of methoxy groups -OCH3 is 1. The molecule has 3 aromatic carbocycles. The van der Waals surface area contributed by atoms with Crippen LogP contribution in [0.1, 0.15) is 79.2 Å². The summed E-state index contributed by atoms with van der Waals surface area (Å²) in [5, 5.41) is 45.1. The molecule has 6 N–H and O–H groups in total. The molecule has 0 unspecified atom stereocenters. The lowest BCUT2D eigenvalue weighted by Gasteiger charge is -2.42. The molecule has 6 atom stereocenters. The maximum absolute atomic E-state index is 13.9. The lowest BCUT2D eigenvalue weighted by Crippen LogP contribution is -2.53. The molecule has 0 aromatic heterocycles. The van der Waals surface area contributed by atoms with E-state index < -0.39 is 99.9 Å². The number of phenolic OH excluding ortho intramolecular Hbond substituents is 2. The Kier molecular flexibility index (Phi) is 8.72. The third-order valence-corrected chi connectivity index (χ3v) is 9.91. The van der Waals surface area contributed by atoms with Crippen molar-refractivity contribution in [3.05, 3.63) is 87.5 Å². The number of fused-ring (bicyclic) bond motifs is 3. The molecule has 3 aliphatic rings. The summed E-state index contributed by atoms with van der Waals surface area (Å²) < 4.78 is 17.3. The molecule has 1 saturated heterocycles. The molecule has 0 amide bonds. The van der Waals surface area contributed by atoms with E-state index in [9.17, 15) is 39.6 Å². The molecule has 6 rings (SSSR count). The number of rotatable bonds is 7. The molecule has 2 aliphatic carbocycles. The van der Waals surface area contributed by atoms with Crippen LogP contribution in [0.4, 0.5) is 0 Å². The second-order valence-corrected chi connectivity index (χ2v) is 12.9. The predicted octanol–water partition coefficient (Wildman–Crippen LogP) is 2.58. The van der Waals surface area contributed by atoms with Crippen LogP contribution in [-0.2, 0) is 20.7 Å². The van der Waals surface area contributed by atoms with Crippen LogP contribution in [-0.4, -0.2) is 85.9 Å². The van der Waals surface area contributed by atoms with Crippen LogP contribution in [0.25, 0.3) is 0 Å². The molecule has 0 radical (unpaired) electrons. The van der Waals surface area contributed by atoms with Crippen molar-refractivity contribution in [2.45, 2.75) is 62.4 Å². The number of benzene rings is 3. The van der Waals surface area contributed by atoms with Crippen LogP contribution in [0.15, 0.2) is 48.5 Å². The normalized spacial score (nSPS) is 26.6. The first-order chi connectivity index (χ1) is 22.4. The summed E-state index contributed by atoms with van der Waals surface area (Å²) in [4.78, 5) is 54.0. The number of hydrogen-bond donors (Lipinski definition) is 5. The molecular formula is C34H33NO11S. The zero-order valence-electron chi connectivity index (χ0n) is 25.5. The molecule has 12 nitrogen and oxygen atoms in total. The van der Waals surface area contributed by atoms with E-state index in [1.54, 1.807) is 37.3 Å². The van der Waals surface area contributed by atoms with Crippen molar-refractivity contribution in [3.63, 3.8) is 0 Å². The Morgan fingerprint density at radius 1 is 1.02 bits per heavy atom. The van der Waals surface area contributed by atoms with Crippen molar-refractivity contribution in [1.29, 1.82) is 0 Å². The Bertz CT molecular complexity index is 1780. The SMILES string of the molecule is COc1cccc2c1C(=O)c1c(O)c3c(c(O)c1C2=O)C[C@@](O)(C(=O)CSC(=O)c1ccccc1)C[C@H]3O[C@H]1C[C@@H](N)[C@@H](O)[C@H](C)O1. The Labute approximate surface area is 273 Å². The largest absolute Gasteiger partial charge is 0.507 e. The van der Waals surface area contributed by atoms with E-state index in [0.717, 1.165) is 0 Å². The maximum atomic E-state index is 13.9. The number of hydrogen-bond acceptors (Lipinski definition) is 13. The summed E-state index contributed by atoms with van der Waals surface area (Å²) in [7, 11) is 1.33. The van der Waals surface area contributed by atoms with Crippen LogP contribution in [0.3, 0.4) is 0 Å². The molecule has 0 spiro atoms. The van der Waals surface area contributed by atoms with Gasteiger partial charge in [0.2, 0.25) is 10.9 Å². The summed E-state index contributed by atoms with van der Waals surface area (Å²) in [6.07, 6.45) is -5.19. The summed E-state index contributed by atoms with van der Waals surface area (Å²) in [6, 6.07) is 11.9. The fraction of sp³-hybridized carbons (Fsp3) is 0.353. The summed E-state index contributed by atoms with van der Waals surface area (Å²) in [5.74, 6) is -4.00. The molecule has 47 heavy (non-hydrogen) atoms. The number of aromatic hydroxyl groups is 2. The zero-order valence-corrected chi connectivity index (χ0v) is 26.3. The number of nitrogens with two attached hydrogens (primary N) is 1. The number of phenols is 2. The first-order valence-corrected chi connectivity index (χ1v) is 15.9. The molecule has 0 saturated carbocycles. The van der Waals surface area contributed by atoms with E-state index in [0.29, 0.717) is 17.3 Å². The van der Waals surface area contributed by atoms with E-state index in [4.69, 9.17) is 19.9 Å². The highest BCUT2D eigenvalue weighted by atomic mass is 32.2. The van der Waals surface area contributed by atoms with Gasteiger partial charge in [-0.15, -0.1) is 0 Å². The zero-order chi connectivity index (χ0) is 33.8. The van der Waals surface area contributed by atoms with E-state index in [-0.39, 0.29) is 34.4 Å². The number of aliphatic hydroxyl groups is 2. The molecule has 1 aliphatic heterocycles. The molecule has 0 bridgehead atoms. The second kappa shape index (κ2) is 12.5. The fourth-order valence-electron chi connectivity index (χ4n) is 6.53. The lowest BCUT2D eigenvalue weighted by molar-refractivity contribution is -0.247. The van der Waals surface area contributed by atoms with E-state index in [2.05, 4.69) is 0 Å². The summed E-state index contributed by atoms with van der Waals surface area (Å²) in [6.45, 7) is 1.59. The van der Waals surface area contributed by atoms with E-state index in [1.807, 2.05) is 0 Å². The van der Waals surface area contributed by atoms with Gasteiger partial charge >= 0.3 is 0 Å². The number of ether oxygens (including phenoxy) is 3. The van der Waals surface area contributed by atoms with E-state index >= 15 is 0 Å². The minimum Gasteiger partial charge on any atom is -0.507 e. The van der Waals surface area contributed by atoms with Crippen molar-refractivity contribution >= 4 is 34.2 Å². The van der Waals surface area contributed by atoms with Gasteiger partial charge in [0, 0.05) is 47.6 Å². The first-order valence-electron chi connectivity index (χ1n) is 15.0. The third-order valence-electron chi connectivity index (χ3n) is 9.01. The minimum absolute atomic E-state index is 0.00478. The van der Waals surface area contributed by atoms with Gasteiger partial charge in [0.15, 0.2) is 17.9 Å². The van der Waals surface area contributed by atoms with Gasteiger partial charge in [-0.05, 0) is 13.0 Å². The highest BCUT2D eigenvalue weighted by Crippen LogP contribution is 2.52. The number of ketones is 3. The van der Waals surface area contributed by atoms with Gasteiger partial charge in [0.05, 0.1) is 47.9 Å². The number of aliphatic hydroxyl groups excluding tert-OH is 1. The van der Waals surface area contributed by atoms with Crippen molar-refractivity contribution in [1.82, 2.24) is 0 Å². The van der Waals surface area contributed by atoms with Gasteiger partial charge in [0.25, 0.3) is 0 Å². The minimum atomic E-state index is -2.23. The van der Waals surface area contributed by atoms with Gasteiger partial charge in [-0.1, -0.05) is 54.2 Å². The van der Waals surface area contributed by atoms with Crippen molar-refractivity contribution in [3.8, 4) is 17.2 Å². The number of carbonyl (C=O) groups excluding carboxylic acids is 4. The molecule has 3 aromatic rings. The third kappa shape index (κ3) is 5.62. The average Bonchev–Trinajstić information content (AvgIpc) is 3.06. The standard InChI is InChI=1S/C34H33NO11S/c1-15-28(37)19(35)11-23(45-15)46-21-13-34(43,22(36)14-47-33(42)16-7-4-3-5-8-16)12-18-25(21)32(41)27-26(30(18)39)29(38)17-9-6-10-20(44-2)24(17)31(27)40/h3-10,15,19,21,23,28,37,39,41,43H,11-14,35H2,1-2H3/t15-,19+,21+,23-,28-,34-/m0/s1. The Morgan fingerprint density at radius 2 is 1.72 bits per heavy atom.